The third kappa shape index (κ3) is 2.36. The molecule has 2 aliphatic heterocycles. The molecule has 2 heterocycles. The molecular formula is C13H23N3O2. The number of amides is 2. The van der Waals surface area contributed by atoms with Crippen molar-refractivity contribution in [2.24, 2.45) is 11.3 Å². The second kappa shape index (κ2) is 5.26. The minimum absolute atomic E-state index is 0.0364. The van der Waals surface area contributed by atoms with Crippen molar-refractivity contribution < 1.29 is 9.59 Å². The number of carbonyl (C=O) groups is 2. The van der Waals surface area contributed by atoms with Gasteiger partial charge in [0.15, 0.2) is 0 Å². The van der Waals surface area contributed by atoms with Gasteiger partial charge in [0.25, 0.3) is 0 Å². The van der Waals surface area contributed by atoms with Crippen molar-refractivity contribution in [3.63, 3.8) is 0 Å². The standard InChI is InChI=1S/C13H23N3O2/c1-10(2)13(4-6-14-9-13)12(18)16-7-3-5-15-11(17)8-16/h10,14H,3-9H2,1-2H3,(H,15,17). The molecule has 2 saturated heterocycles. The zero-order chi connectivity index (χ0) is 13.2. The van der Waals surface area contributed by atoms with Gasteiger partial charge in [0.1, 0.15) is 0 Å². The first-order valence-electron chi connectivity index (χ1n) is 6.83. The molecule has 0 aromatic heterocycles. The smallest absolute Gasteiger partial charge is 0.239 e. The van der Waals surface area contributed by atoms with Crippen LogP contribution in [0.2, 0.25) is 0 Å². The van der Waals surface area contributed by atoms with E-state index in [9.17, 15) is 9.59 Å². The van der Waals surface area contributed by atoms with Crippen LogP contribution >= 0.6 is 0 Å². The summed E-state index contributed by atoms with van der Waals surface area (Å²) in [5.41, 5.74) is -0.315. The fraction of sp³-hybridized carbons (Fsp3) is 0.846. The topological polar surface area (TPSA) is 61.4 Å². The number of nitrogens with one attached hydrogen (secondary N) is 2. The molecule has 2 aliphatic rings. The SMILES string of the molecule is CC(C)C1(C(=O)N2CCCNC(=O)C2)CCNC1. The summed E-state index contributed by atoms with van der Waals surface area (Å²) in [4.78, 5) is 26.1. The van der Waals surface area contributed by atoms with Crippen molar-refractivity contribution in [3.8, 4) is 0 Å². The number of hydrogen-bond acceptors (Lipinski definition) is 3. The average molecular weight is 253 g/mol. The molecule has 0 bridgehead atoms. The van der Waals surface area contributed by atoms with E-state index in [1.807, 2.05) is 0 Å². The molecule has 1 unspecified atom stereocenters. The molecule has 2 rings (SSSR count). The van der Waals surface area contributed by atoms with Crippen molar-refractivity contribution in [3.05, 3.63) is 0 Å². The quantitative estimate of drug-likeness (QED) is 0.726. The summed E-state index contributed by atoms with van der Waals surface area (Å²) in [6, 6.07) is 0. The van der Waals surface area contributed by atoms with Crippen molar-refractivity contribution in [1.82, 2.24) is 15.5 Å². The molecule has 0 aromatic carbocycles. The highest BCUT2D eigenvalue weighted by Gasteiger charge is 2.46. The van der Waals surface area contributed by atoms with Gasteiger partial charge >= 0.3 is 0 Å². The van der Waals surface area contributed by atoms with E-state index in [0.29, 0.717) is 19.0 Å². The van der Waals surface area contributed by atoms with E-state index in [2.05, 4.69) is 24.5 Å². The zero-order valence-electron chi connectivity index (χ0n) is 11.3. The Kier molecular flexibility index (Phi) is 3.90. The Bertz CT molecular complexity index is 335. The minimum atomic E-state index is -0.315. The minimum Gasteiger partial charge on any atom is -0.354 e. The summed E-state index contributed by atoms with van der Waals surface area (Å²) in [7, 11) is 0. The second-order valence-electron chi connectivity index (χ2n) is 5.67. The monoisotopic (exact) mass is 253 g/mol. The van der Waals surface area contributed by atoms with Crippen LogP contribution in [0, 0.1) is 11.3 Å². The summed E-state index contributed by atoms with van der Waals surface area (Å²) in [6.45, 7) is 7.41. The maximum absolute atomic E-state index is 12.8. The summed E-state index contributed by atoms with van der Waals surface area (Å²) in [5.74, 6) is 0.413. The largest absolute Gasteiger partial charge is 0.354 e. The molecule has 1 atom stereocenters. The number of rotatable bonds is 2. The Labute approximate surface area is 108 Å². The Hall–Kier alpha value is -1.10. The van der Waals surface area contributed by atoms with Crippen LogP contribution in [0.1, 0.15) is 26.7 Å². The predicted molar refractivity (Wildman–Crippen MR) is 69.0 cm³/mol. The van der Waals surface area contributed by atoms with Crippen molar-refractivity contribution >= 4 is 11.8 Å². The molecule has 0 aliphatic carbocycles. The van der Waals surface area contributed by atoms with E-state index in [4.69, 9.17) is 0 Å². The Balaban J connectivity index is 2.15. The normalized spacial score (nSPS) is 29.3. The van der Waals surface area contributed by atoms with Crippen molar-refractivity contribution in [1.29, 1.82) is 0 Å². The molecule has 5 heteroatoms. The molecule has 0 aromatic rings. The first kappa shape index (κ1) is 13.3. The summed E-state index contributed by atoms with van der Waals surface area (Å²) in [5, 5.41) is 6.11. The molecule has 0 radical (unpaired) electrons. The van der Waals surface area contributed by atoms with Gasteiger partial charge in [-0.25, -0.2) is 0 Å². The van der Waals surface area contributed by atoms with Crippen LogP contribution in [0.3, 0.4) is 0 Å². The van der Waals surface area contributed by atoms with Gasteiger partial charge < -0.3 is 15.5 Å². The predicted octanol–water partition coefficient (Wildman–Crippen LogP) is -0.0294. The summed E-state index contributed by atoms with van der Waals surface area (Å²) in [6.07, 6.45) is 1.72. The number of nitrogens with zero attached hydrogens (tertiary/aromatic N) is 1. The molecule has 102 valence electrons. The van der Waals surface area contributed by atoms with Crippen LogP contribution in [0.5, 0.6) is 0 Å². The van der Waals surface area contributed by atoms with Gasteiger partial charge in [-0.05, 0) is 25.3 Å². The van der Waals surface area contributed by atoms with Crippen LogP contribution in [0.25, 0.3) is 0 Å². The van der Waals surface area contributed by atoms with E-state index in [1.54, 1.807) is 4.90 Å². The summed E-state index contributed by atoms with van der Waals surface area (Å²) >= 11 is 0. The highest BCUT2D eigenvalue weighted by Crippen LogP contribution is 2.36. The van der Waals surface area contributed by atoms with Crippen LogP contribution in [-0.2, 0) is 9.59 Å². The maximum Gasteiger partial charge on any atom is 0.239 e. The Morgan fingerprint density at radius 3 is 2.78 bits per heavy atom. The van der Waals surface area contributed by atoms with Crippen LogP contribution in [-0.4, -0.2) is 49.4 Å². The van der Waals surface area contributed by atoms with Gasteiger partial charge in [0.05, 0.1) is 12.0 Å². The summed E-state index contributed by atoms with van der Waals surface area (Å²) < 4.78 is 0. The lowest BCUT2D eigenvalue weighted by molar-refractivity contribution is -0.145. The number of carbonyl (C=O) groups excluding carboxylic acids is 2. The molecule has 5 nitrogen and oxygen atoms in total. The molecule has 18 heavy (non-hydrogen) atoms. The van der Waals surface area contributed by atoms with Crippen LogP contribution < -0.4 is 10.6 Å². The van der Waals surface area contributed by atoms with Gasteiger partial charge in [0.2, 0.25) is 11.8 Å². The first-order valence-corrected chi connectivity index (χ1v) is 6.83. The van der Waals surface area contributed by atoms with Gasteiger partial charge in [-0.15, -0.1) is 0 Å². The third-order valence-corrected chi connectivity index (χ3v) is 4.27. The molecule has 2 fully saturated rings. The van der Waals surface area contributed by atoms with Gasteiger partial charge in [-0.1, -0.05) is 13.8 Å². The first-order chi connectivity index (χ1) is 8.56. The highest BCUT2D eigenvalue weighted by atomic mass is 16.2. The van der Waals surface area contributed by atoms with Crippen molar-refractivity contribution in [2.45, 2.75) is 26.7 Å². The Morgan fingerprint density at radius 1 is 1.39 bits per heavy atom. The molecular weight excluding hydrogens is 230 g/mol. The fourth-order valence-electron chi connectivity index (χ4n) is 2.93. The van der Waals surface area contributed by atoms with E-state index >= 15 is 0 Å². The Morgan fingerprint density at radius 2 is 2.17 bits per heavy atom. The molecule has 2 N–H and O–H groups in total. The van der Waals surface area contributed by atoms with Gasteiger partial charge in [-0.3, -0.25) is 9.59 Å². The average Bonchev–Trinajstić information content (AvgIpc) is 2.73. The number of hydrogen-bond donors (Lipinski definition) is 2. The lowest BCUT2D eigenvalue weighted by Crippen LogP contribution is -2.50. The molecule has 0 saturated carbocycles. The van der Waals surface area contributed by atoms with Crippen LogP contribution in [0.15, 0.2) is 0 Å². The second-order valence-corrected chi connectivity index (χ2v) is 5.67. The zero-order valence-corrected chi connectivity index (χ0v) is 11.3. The van der Waals surface area contributed by atoms with E-state index < -0.39 is 0 Å². The van der Waals surface area contributed by atoms with Gasteiger partial charge in [-0.2, -0.15) is 0 Å². The van der Waals surface area contributed by atoms with Gasteiger partial charge in [0, 0.05) is 19.6 Å². The third-order valence-electron chi connectivity index (χ3n) is 4.27. The van der Waals surface area contributed by atoms with E-state index in [1.165, 1.54) is 0 Å². The van der Waals surface area contributed by atoms with E-state index in [0.717, 1.165) is 25.9 Å². The van der Waals surface area contributed by atoms with Crippen LogP contribution in [0.4, 0.5) is 0 Å². The molecule has 2 amide bonds. The maximum atomic E-state index is 12.8. The molecule has 0 spiro atoms. The lowest BCUT2D eigenvalue weighted by atomic mass is 9.75. The lowest BCUT2D eigenvalue weighted by Gasteiger charge is -2.36. The fourth-order valence-corrected chi connectivity index (χ4v) is 2.93. The van der Waals surface area contributed by atoms with E-state index in [-0.39, 0.29) is 23.8 Å². The highest BCUT2D eigenvalue weighted by molar-refractivity contribution is 5.88. The van der Waals surface area contributed by atoms with Crippen molar-refractivity contribution in [2.75, 3.05) is 32.7 Å².